The van der Waals surface area contributed by atoms with Crippen molar-refractivity contribution in [3.8, 4) is 0 Å². The van der Waals surface area contributed by atoms with Gasteiger partial charge in [0.2, 0.25) is 5.95 Å². The minimum Gasteiger partial charge on any atom is -0.396 e. The number of benzene rings is 1. The molecule has 0 radical (unpaired) electrons. The molecule has 0 aliphatic heterocycles. The first-order valence-corrected chi connectivity index (χ1v) is 7.10. The number of nitrogens with one attached hydrogen (secondary N) is 2. The van der Waals surface area contributed by atoms with E-state index in [9.17, 15) is 0 Å². The molecule has 0 aliphatic rings. The van der Waals surface area contributed by atoms with E-state index in [4.69, 9.17) is 5.11 Å². The standard InChI is InChI=1S/C15H22N4O/c1-3-16-15-18-13-7-5-4-6-12(13)14(19-15)17-10-11(2)8-9-20/h4-7,11,20H,3,8-10H2,1-2H3,(H2,16,17,18,19). The highest BCUT2D eigenvalue weighted by molar-refractivity contribution is 5.89. The molecule has 0 amide bonds. The van der Waals surface area contributed by atoms with Crippen LogP contribution in [0.3, 0.4) is 0 Å². The molecule has 0 fully saturated rings. The predicted molar refractivity (Wildman–Crippen MR) is 83.1 cm³/mol. The molecule has 0 bridgehead atoms. The van der Waals surface area contributed by atoms with Crippen LogP contribution in [0.5, 0.6) is 0 Å². The largest absolute Gasteiger partial charge is 0.396 e. The fraction of sp³-hybridized carbons (Fsp3) is 0.467. The quantitative estimate of drug-likeness (QED) is 0.723. The van der Waals surface area contributed by atoms with Gasteiger partial charge < -0.3 is 15.7 Å². The second-order valence-electron chi connectivity index (χ2n) is 4.94. The van der Waals surface area contributed by atoms with Gasteiger partial charge >= 0.3 is 0 Å². The van der Waals surface area contributed by atoms with Crippen LogP contribution in [-0.4, -0.2) is 34.8 Å². The molecular formula is C15H22N4O. The van der Waals surface area contributed by atoms with Gasteiger partial charge in [0.25, 0.3) is 0 Å². The van der Waals surface area contributed by atoms with Crippen LogP contribution >= 0.6 is 0 Å². The summed E-state index contributed by atoms with van der Waals surface area (Å²) in [6.45, 7) is 5.93. The van der Waals surface area contributed by atoms with Gasteiger partial charge in [-0.1, -0.05) is 19.1 Å². The molecule has 0 saturated carbocycles. The molecule has 0 saturated heterocycles. The van der Waals surface area contributed by atoms with E-state index in [1.165, 1.54) is 0 Å². The second kappa shape index (κ2) is 7.05. The number of aromatic nitrogens is 2. The van der Waals surface area contributed by atoms with Crippen molar-refractivity contribution in [2.24, 2.45) is 5.92 Å². The lowest BCUT2D eigenvalue weighted by Crippen LogP contribution is -2.14. The molecule has 0 aliphatic carbocycles. The van der Waals surface area contributed by atoms with Gasteiger partial charge in [-0.15, -0.1) is 0 Å². The maximum Gasteiger partial charge on any atom is 0.225 e. The van der Waals surface area contributed by atoms with Crippen LogP contribution in [0.4, 0.5) is 11.8 Å². The number of anilines is 2. The average molecular weight is 274 g/mol. The van der Waals surface area contributed by atoms with Crippen molar-refractivity contribution in [1.29, 1.82) is 0 Å². The van der Waals surface area contributed by atoms with Gasteiger partial charge in [0.1, 0.15) is 5.82 Å². The summed E-state index contributed by atoms with van der Waals surface area (Å²) < 4.78 is 0. The molecular weight excluding hydrogens is 252 g/mol. The van der Waals surface area contributed by atoms with Gasteiger partial charge in [-0.25, -0.2) is 4.98 Å². The summed E-state index contributed by atoms with van der Waals surface area (Å²) in [5, 5.41) is 16.5. The van der Waals surface area contributed by atoms with Crippen molar-refractivity contribution >= 4 is 22.7 Å². The van der Waals surface area contributed by atoms with Crippen molar-refractivity contribution in [2.45, 2.75) is 20.3 Å². The Balaban J connectivity index is 2.25. The van der Waals surface area contributed by atoms with E-state index in [1.54, 1.807) is 0 Å². The van der Waals surface area contributed by atoms with Crippen LogP contribution in [0.25, 0.3) is 10.9 Å². The van der Waals surface area contributed by atoms with Crippen LogP contribution in [0.1, 0.15) is 20.3 Å². The van der Waals surface area contributed by atoms with Gasteiger partial charge in [0, 0.05) is 25.1 Å². The van der Waals surface area contributed by atoms with Crippen LogP contribution in [0.2, 0.25) is 0 Å². The fourth-order valence-electron chi connectivity index (χ4n) is 2.04. The normalized spacial score (nSPS) is 12.3. The SMILES string of the molecule is CCNc1nc(NCC(C)CCO)c2ccccc2n1. The Morgan fingerprint density at radius 3 is 2.75 bits per heavy atom. The number of aliphatic hydroxyl groups excluding tert-OH is 1. The Kier molecular flexibility index (Phi) is 5.12. The zero-order valence-corrected chi connectivity index (χ0v) is 12.1. The van der Waals surface area contributed by atoms with Crippen LogP contribution in [-0.2, 0) is 0 Å². The number of fused-ring (bicyclic) bond motifs is 1. The van der Waals surface area contributed by atoms with Gasteiger partial charge in [0.05, 0.1) is 5.52 Å². The molecule has 2 rings (SSSR count). The van der Waals surface area contributed by atoms with Gasteiger partial charge in [-0.2, -0.15) is 4.98 Å². The predicted octanol–water partition coefficient (Wildman–Crippen LogP) is 2.49. The molecule has 1 aromatic carbocycles. The number of para-hydroxylation sites is 1. The van der Waals surface area contributed by atoms with E-state index in [0.717, 1.165) is 36.2 Å². The lowest BCUT2D eigenvalue weighted by Gasteiger charge is -2.14. The summed E-state index contributed by atoms with van der Waals surface area (Å²) in [4.78, 5) is 9.01. The van der Waals surface area contributed by atoms with E-state index in [1.807, 2.05) is 31.2 Å². The smallest absolute Gasteiger partial charge is 0.225 e. The number of hydrogen-bond donors (Lipinski definition) is 3. The third-order valence-corrected chi connectivity index (χ3v) is 3.18. The monoisotopic (exact) mass is 274 g/mol. The Bertz CT molecular complexity index is 559. The highest BCUT2D eigenvalue weighted by Crippen LogP contribution is 2.22. The minimum absolute atomic E-state index is 0.218. The highest BCUT2D eigenvalue weighted by atomic mass is 16.3. The summed E-state index contributed by atoms with van der Waals surface area (Å²) in [5.41, 5.74) is 0.927. The first-order valence-electron chi connectivity index (χ1n) is 7.10. The molecule has 5 nitrogen and oxygen atoms in total. The minimum atomic E-state index is 0.218. The van der Waals surface area contributed by atoms with Crippen LogP contribution in [0, 0.1) is 5.92 Å². The number of nitrogens with zero attached hydrogens (tertiary/aromatic N) is 2. The summed E-state index contributed by atoms with van der Waals surface area (Å²) in [6.07, 6.45) is 0.788. The van der Waals surface area contributed by atoms with Gasteiger partial charge in [-0.3, -0.25) is 0 Å². The van der Waals surface area contributed by atoms with Crippen LogP contribution < -0.4 is 10.6 Å². The first kappa shape index (κ1) is 14.5. The van der Waals surface area contributed by atoms with E-state index in [0.29, 0.717) is 11.9 Å². The first-order chi connectivity index (χ1) is 9.74. The maximum absolute atomic E-state index is 8.96. The van der Waals surface area contributed by atoms with Crippen molar-refractivity contribution in [3.05, 3.63) is 24.3 Å². The molecule has 5 heteroatoms. The summed E-state index contributed by atoms with van der Waals surface area (Å²) in [5.74, 6) is 1.89. The summed E-state index contributed by atoms with van der Waals surface area (Å²) in [6, 6.07) is 7.97. The molecule has 1 heterocycles. The van der Waals surface area contributed by atoms with Gasteiger partial charge in [-0.05, 0) is 31.4 Å². The van der Waals surface area contributed by atoms with E-state index >= 15 is 0 Å². The molecule has 2 aromatic rings. The Hall–Kier alpha value is -1.88. The van der Waals surface area contributed by atoms with Crippen molar-refractivity contribution in [1.82, 2.24) is 9.97 Å². The molecule has 1 unspecified atom stereocenters. The van der Waals surface area contributed by atoms with Gasteiger partial charge in [0.15, 0.2) is 0 Å². The van der Waals surface area contributed by atoms with Crippen molar-refractivity contribution in [2.75, 3.05) is 30.3 Å². The van der Waals surface area contributed by atoms with Crippen LogP contribution in [0.15, 0.2) is 24.3 Å². The Morgan fingerprint density at radius 1 is 1.20 bits per heavy atom. The second-order valence-corrected chi connectivity index (χ2v) is 4.94. The number of hydrogen-bond acceptors (Lipinski definition) is 5. The van der Waals surface area contributed by atoms with E-state index in [2.05, 4.69) is 27.5 Å². The van der Waals surface area contributed by atoms with E-state index in [-0.39, 0.29) is 6.61 Å². The maximum atomic E-state index is 8.96. The Labute approximate surface area is 119 Å². The zero-order chi connectivity index (χ0) is 14.4. The van der Waals surface area contributed by atoms with E-state index < -0.39 is 0 Å². The third kappa shape index (κ3) is 3.57. The Morgan fingerprint density at radius 2 is 2.00 bits per heavy atom. The lowest BCUT2D eigenvalue weighted by molar-refractivity contribution is 0.266. The highest BCUT2D eigenvalue weighted by Gasteiger charge is 2.08. The third-order valence-electron chi connectivity index (χ3n) is 3.18. The molecule has 1 aromatic heterocycles. The van der Waals surface area contributed by atoms with Crippen molar-refractivity contribution in [3.63, 3.8) is 0 Å². The molecule has 3 N–H and O–H groups in total. The zero-order valence-electron chi connectivity index (χ0n) is 12.1. The summed E-state index contributed by atoms with van der Waals surface area (Å²) >= 11 is 0. The average Bonchev–Trinajstić information content (AvgIpc) is 2.45. The number of aliphatic hydroxyl groups is 1. The summed E-state index contributed by atoms with van der Waals surface area (Å²) in [7, 11) is 0. The van der Waals surface area contributed by atoms with Crippen molar-refractivity contribution < 1.29 is 5.11 Å². The molecule has 108 valence electrons. The molecule has 0 spiro atoms. The lowest BCUT2D eigenvalue weighted by atomic mass is 10.1. The number of rotatable bonds is 7. The fourth-order valence-corrected chi connectivity index (χ4v) is 2.04. The molecule has 1 atom stereocenters. The topological polar surface area (TPSA) is 70.1 Å². The molecule has 20 heavy (non-hydrogen) atoms.